The van der Waals surface area contributed by atoms with Crippen LogP contribution < -0.4 is 9.47 Å². The third-order valence-electron chi connectivity index (χ3n) is 3.78. The van der Waals surface area contributed by atoms with Crippen molar-refractivity contribution in [2.75, 3.05) is 13.2 Å². The number of carbonyl (C=O) groups excluding carboxylic acids is 1. The van der Waals surface area contributed by atoms with E-state index >= 15 is 0 Å². The summed E-state index contributed by atoms with van der Waals surface area (Å²) in [5.41, 5.74) is 2.40. The number of nitrogens with zero attached hydrogens (tertiary/aromatic N) is 2. The molecule has 3 aromatic rings. The lowest BCUT2D eigenvalue weighted by Crippen LogP contribution is -2.15. The van der Waals surface area contributed by atoms with Crippen LogP contribution in [0.1, 0.15) is 10.4 Å². The molecule has 0 bridgehead atoms. The highest BCUT2D eigenvalue weighted by molar-refractivity contribution is 5.86. The maximum atomic E-state index is 13.1. The topological polar surface area (TPSA) is 53.4 Å². The smallest absolute Gasteiger partial charge is 0.162 e. The van der Waals surface area contributed by atoms with Gasteiger partial charge in [-0.2, -0.15) is 5.10 Å². The van der Waals surface area contributed by atoms with E-state index in [-0.39, 0.29) is 5.82 Å². The van der Waals surface area contributed by atoms with E-state index in [9.17, 15) is 9.18 Å². The van der Waals surface area contributed by atoms with Gasteiger partial charge in [-0.1, -0.05) is 0 Å². The van der Waals surface area contributed by atoms with Crippen LogP contribution in [-0.4, -0.2) is 29.3 Å². The van der Waals surface area contributed by atoms with Crippen molar-refractivity contribution in [3.05, 3.63) is 60.0 Å². The van der Waals surface area contributed by atoms with E-state index in [1.54, 1.807) is 35.1 Å². The summed E-state index contributed by atoms with van der Waals surface area (Å²) >= 11 is 0. The average Bonchev–Trinajstić information content (AvgIpc) is 3.06. The Balaban J connectivity index is 1.77. The van der Waals surface area contributed by atoms with Gasteiger partial charge < -0.3 is 9.47 Å². The number of aromatic nitrogens is 2. The van der Waals surface area contributed by atoms with Crippen LogP contribution in [0.4, 0.5) is 4.39 Å². The van der Waals surface area contributed by atoms with Crippen molar-refractivity contribution in [3.8, 4) is 28.4 Å². The first-order valence-corrected chi connectivity index (χ1v) is 7.45. The van der Waals surface area contributed by atoms with Gasteiger partial charge in [-0.25, -0.2) is 9.07 Å². The molecule has 0 aliphatic carbocycles. The molecule has 24 heavy (non-hydrogen) atoms. The maximum Gasteiger partial charge on any atom is 0.162 e. The maximum absolute atomic E-state index is 13.1. The summed E-state index contributed by atoms with van der Waals surface area (Å²) in [6.45, 7) is 1.01. The van der Waals surface area contributed by atoms with Crippen LogP contribution in [0, 0.1) is 5.82 Å². The van der Waals surface area contributed by atoms with E-state index in [0.717, 1.165) is 11.8 Å². The summed E-state index contributed by atoms with van der Waals surface area (Å²) in [4.78, 5) is 11.4. The molecule has 1 aliphatic heterocycles. The molecule has 0 unspecified atom stereocenters. The van der Waals surface area contributed by atoms with Crippen molar-refractivity contribution in [1.82, 2.24) is 9.78 Å². The van der Waals surface area contributed by atoms with Gasteiger partial charge in [0.15, 0.2) is 17.8 Å². The van der Waals surface area contributed by atoms with Crippen molar-refractivity contribution in [2.24, 2.45) is 0 Å². The molecule has 0 fully saturated rings. The molecule has 5 nitrogen and oxygen atoms in total. The summed E-state index contributed by atoms with van der Waals surface area (Å²) in [6, 6.07) is 11.3. The van der Waals surface area contributed by atoms with Crippen LogP contribution >= 0.6 is 0 Å². The lowest BCUT2D eigenvalue weighted by molar-refractivity contribution is 0.112. The predicted molar refractivity (Wildman–Crippen MR) is 85.3 cm³/mol. The lowest BCUT2D eigenvalue weighted by Gasteiger charge is -2.18. The second-order valence-electron chi connectivity index (χ2n) is 5.33. The number of rotatable bonds is 3. The van der Waals surface area contributed by atoms with Crippen molar-refractivity contribution in [2.45, 2.75) is 0 Å². The zero-order valence-electron chi connectivity index (χ0n) is 12.6. The molecule has 4 rings (SSSR count). The molecule has 1 aromatic heterocycles. The number of benzene rings is 2. The van der Waals surface area contributed by atoms with Crippen molar-refractivity contribution >= 4 is 6.29 Å². The minimum Gasteiger partial charge on any atom is -0.486 e. The van der Waals surface area contributed by atoms with Gasteiger partial charge in [0.1, 0.15) is 24.7 Å². The quantitative estimate of drug-likeness (QED) is 0.694. The molecule has 0 saturated carbocycles. The largest absolute Gasteiger partial charge is 0.486 e. The summed E-state index contributed by atoms with van der Waals surface area (Å²) < 4.78 is 25.7. The third-order valence-corrected chi connectivity index (χ3v) is 3.78. The Labute approximate surface area is 137 Å². The van der Waals surface area contributed by atoms with Crippen LogP contribution in [0.3, 0.4) is 0 Å². The van der Waals surface area contributed by atoms with Crippen LogP contribution in [0.25, 0.3) is 16.9 Å². The van der Waals surface area contributed by atoms with Crippen molar-refractivity contribution in [3.63, 3.8) is 0 Å². The monoisotopic (exact) mass is 324 g/mol. The molecule has 0 radical (unpaired) electrons. The average molecular weight is 324 g/mol. The zero-order chi connectivity index (χ0) is 16.5. The fourth-order valence-corrected chi connectivity index (χ4v) is 2.61. The van der Waals surface area contributed by atoms with Gasteiger partial charge in [-0.05, 0) is 42.5 Å². The minimum atomic E-state index is -0.325. The highest BCUT2D eigenvalue weighted by Crippen LogP contribution is 2.35. The fraction of sp³-hybridized carbons (Fsp3) is 0.111. The molecule has 6 heteroatoms. The van der Waals surface area contributed by atoms with E-state index in [0.29, 0.717) is 41.7 Å². The van der Waals surface area contributed by atoms with Gasteiger partial charge in [0.25, 0.3) is 0 Å². The fourth-order valence-electron chi connectivity index (χ4n) is 2.61. The standard InChI is InChI=1S/C18H13FN2O3/c19-14-2-4-15(5-3-14)21-10-13(11-22)18(20-21)12-1-6-16-17(9-12)24-8-7-23-16/h1-6,9-11H,7-8H2. The SMILES string of the molecule is O=Cc1cn(-c2ccc(F)cc2)nc1-c1ccc2c(c1)OCCO2. The number of fused-ring (bicyclic) bond motifs is 1. The zero-order valence-corrected chi connectivity index (χ0v) is 12.6. The second-order valence-corrected chi connectivity index (χ2v) is 5.33. The van der Waals surface area contributed by atoms with Gasteiger partial charge in [0, 0.05) is 11.8 Å². The predicted octanol–water partition coefficient (Wildman–Crippen LogP) is 3.26. The summed E-state index contributed by atoms with van der Waals surface area (Å²) in [5, 5.41) is 4.47. The first kappa shape index (κ1) is 14.4. The second kappa shape index (κ2) is 5.81. The van der Waals surface area contributed by atoms with E-state index in [1.807, 2.05) is 6.07 Å². The van der Waals surface area contributed by atoms with Gasteiger partial charge in [0.05, 0.1) is 11.3 Å². The highest BCUT2D eigenvalue weighted by Gasteiger charge is 2.16. The number of aldehydes is 1. The number of hydrogen-bond donors (Lipinski definition) is 0. The Morgan fingerprint density at radius 3 is 2.54 bits per heavy atom. The molecule has 2 aromatic carbocycles. The Hall–Kier alpha value is -3.15. The molecule has 0 atom stereocenters. The summed E-state index contributed by atoms with van der Waals surface area (Å²) in [6.07, 6.45) is 2.37. The van der Waals surface area contributed by atoms with Gasteiger partial charge >= 0.3 is 0 Å². The Morgan fingerprint density at radius 2 is 1.79 bits per heavy atom. The first-order chi connectivity index (χ1) is 11.7. The van der Waals surface area contributed by atoms with Crippen molar-refractivity contribution in [1.29, 1.82) is 0 Å². The van der Waals surface area contributed by atoms with Crippen molar-refractivity contribution < 1.29 is 18.7 Å². The molecule has 1 aliphatic rings. The molecule has 0 amide bonds. The molecule has 120 valence electrons. The normalized spacial score (nSPS) is 12.9. The highest BCUT2D eigenvalue weighted by atomic mass is 19.1. The minimum absolute atomic E-state index is 0.325. The molecule has 2 heterocycles. The van der Waals surface area contributed by atoms with E-state index < -0.39 is 0 Å². The lowest BCUT2D eigenvalue weighted by atomic mass is 10.1. The molecule has 0 saturated heterocycles. The summed E-state index contributed by atoms with van der Waals surface area (Å²) in [7, 11) is 0. The van der Waals surface area contributed by atoms with E-state index in [4.69, 9.17) is 9.47 Å². The van der Waals surface area contributed by atoms with Crippen LogP contribution in [-0.2, 0) is 0 Å². The number of halogens is 1. The number of carbonyl (C=O) groups is 1. The van der Waals surface area contributed by atoms with E-state index in [2.05, 4.69) is 5.10 Å². The summed E-state index contributed by atoms with van der Waals surface area (Å²) in [5.74, 6) is 0.983. The number of ether oxygens (including phenoxy) is 2. The first-order valence-electron chi connectivity index (χ1n) is 7.45. The molecule has 0 spiro atoms. The van der Waals surface area contributed by atoms with Crippen LogP contribution in [0.15, 0.2) is 48.7 Å². The number of hydrogen-bond acceptors (Lipinski definition) is 4. The third kappa shape index (κ3) is 2.52. The van der Waals surface area contributed by atoms with Crippen LogP contribution in [0.2, 0.25) is 0 Å². The van der Waals surface area contributed by atoms with Gasteiger partial charge in [-0.3, -0.25) is 4.79 Å². The Kier molecular flexibility index (Phi) is 3.49. The molecular formula is C18H13FN2O3. The Bertz CT molecular complexity index is 903. The molecule has 0 N–H and O–H groups in total. The molecular weight excluding hydrogens is 311 g/mol. The van der Waals surface area contributed by atoms with E-state index in [1.165, 1.54) is 12.1 Å². The van der Waals surface area contributed by atoms with Gasteiger partial charge in [-0.15, -0.1) is 0 Å². The van der Waals surface area contributed by atoms with Gasteiger partial charge in [0.2, 0.25) is 0 Å². The van der Waals surface area contributed by atoms with Crippen LogP contribution in [0.5, 0.6) is 11.5 Å². The Morgan fingerprint density at radius 1 is 1.04 bits per heavy atom.